The average Bonchev–Trinajstić information content (AvgIpc) is 3.45. The average molecular weight is 460 g/mol. The van der Waals surface area contributed by atoms with E-state index in [1.54, 1.807) is 0 Å². The summed E-state index contributed by atoms with van der Waals surface area (Å²) in [5.74, 6) is -0.165. The van der Waals surface area contributed by atoms with Gasteiger partial charge in [-0.2, -0.15) is 13.2 Å². The summed E-state index contributed by atoms with van der Waals surface area (Å²) in [6, 6.07) is 4.05. The lowest BCUT2D eigenvalue weighted by Gasteiger charge is -2.08. The second kappa shape index (κ2) is 6.77. The van der Waals surface area contributed by atoms with Gasteiger partial charge in [-0.3, -0.25) is 0 Å². The van der Waals surface area contributed by atoms with E-state index in [2.05, 4.69) is 9.97 Å². The summed E-state index contributed by atoms with van der Waals surface area (Å²) in [5.41, 5.74) is -4.92. The van der Waals surface area contributed by atoms with Crippen LogP contribution in [0.5, 0.6) is 0 Å². The van der Waals surface area contributed by atoms with Crippen molar-refractivity contribution in [2.45, 2.75) is 41.0 Å². The molecule has 1 saturated carbocycles. The molecule has 0 saturated heterocycles. The maximum atomic E-state index is 12.8. The van der Waals surface area contributed by atoms with Crippen LogP contribution in [0.15, 0.2) is 44.7 Å². The molecule has 160 valence electrons. The Morgan fingerprint density at radius 2 is 1.83 bits per heavy atom. The normalized spacial score (nSPS) is 15.6. The van der Waals surface area contributed by atoms with Crippen LogP contribution in [-0.4, -0.2) is 38.1 Å². The highest BCUT2D eigenvalue weighted by Crippen LogP contribution is 2.42. The molecule has 1 aromatic carbocycles. The first-order chi connectivity index (χ1) is 13.9. The molecule has 0 aliphatic heterocycles. The minimum Gasteiger partial charge on any atom is -0.435 e. The van der Waals surface area contributed by atoms with Crippen LogP contribution in [0.3, 0.4) is 0 Å². The number of halogens is 3. The van der Waals surface area contributed by atoms with Gasteiger partial charge in [-0.05, 0) is 48.6 Å². The minimum atomic E-state index is -5.56. The van der Waals surface area contributed by atoms with Gasteiger partial charge in [0.1, 0.15) is 11.2 Å². The molecule has 12 heteroatoms. The Morgan fingerprint density at radius 3 is 2.43 bits per heavy atom. The molecule has 4 rings (SSSR count). The summed E-state index contributed by atoms with van der Waals surface area (Å²) < 4.78 is 92.4. The van der Waals surface area contributed by atoms with Gasteiger partial charge in [0.05, 0.1) is 15.5 Å². The zero-order valence-electron chi connectivity index (χ0n) is 15.5. The number of pyridine rings is 1. The molecule has 1 aliphatic rings. The third-order valence-corrected chi connectivity index (χ3v) is 8.04. The molecule has 1 aliphatic carbocycles. The number of hydrogen-bond donors (Lipinski definition) is 0. The Labute approximate surface area is 169 Å². The molecule has 0 bridgehead atoms. The highest BCUT2D eigenvalue weighted by molar-refractivity contribution is 7.92. The fraction of sp³-hybridized carbons (Fsp3) is 0.333. The molecule has 2 heterocycles. The standard InChI is InChI=1S/C18H15F3N2O5S2/c1-2-29(24,25)15-7-11(10-3-4-10)9-22-16(15)17-23-13-8-12(5-6-14(13)28-17)30(26,27)18(19,20)21/h5-10H,2-4H2,1H3. The number of fused-ring (bicyclic) bond motifs is 1. The summed E-state index contributed by atoms with van der Waals surface area (Å²) >= 11 is 0. The molecule has 0 spiro atoms. The number of benzene rings is 1. The largest absolute Gasteiger partial charge is 0.501 e. The van der Waals surface area contributed by atoms with Gasteiger partial charge in [0, 0.05) is 6.20 Å². The van der Waals surface area contributed by atoms with Gasteiger partial charge in [0.2, 0.25) is 5.89 Å². The molecule has 0 atom stereocenters. The third-order valence-electron chi connectivity index (χ3n) is 4.81. The number of oxazole rings is 1. The minimum absolute atomic E-state index is 0.000889. The van der Waals surface area contributed by atoms with E-state index in [1.165, 1.54) is 19.2 Å². The predicted molar refractivity (Wildman–Crippen MR) is 100 cm³/mol. The third kappa shape index (κ3) is 3.47. The van der Waals surface area contributed by atoms with Crippen molar-refractivity contribution in [3.63, 3.8) is 0 Å². The first kappa shape index (κ1) is 20.8. The van der Waals surface area contributed by atoms with E-state index in [1.807, 2.05) is 0 Å². The molecule has 0 amide bonds. The lowest BCUT2D eigenvalue weighted by atomic mass is 10.2. The number of alkyl halides is 3. The summed E-state index contributed by atoms with van der Waals surface area (Å²) in [6.07, 6.45) is 3.40. The quantitative estimate of drug-likeness (QED) is 0.569. The summed E-state index contributed by atoms with van der Waals surface area (Å²) in [4.78, 5) is 7.14. The molecule has 3 aromatic rings. The zero-order valence-corrected chi connectivity index (χ0v) is 17.1. The monoisotopic (exact) mass is 460 g/mol. The molecular formula is C18H15F3N2O5S2. The van der Waals surface area contributed by atoms with Crippen molar-refractivity contribution in [3.05, 3.63) is 36.0 Å². The molecule has 0 unspecified atom stereocenters. The Morgan fingerprint density at radius 1 is 1.13 bits per heavy atom. The SMILES string of the molecule is CCS(=O)(=O)c1cc(C2CC2)cnc1-c1nc2cc(S(=O)(=O)C(F)(F)F)ccc2o1. The van der Waals surface area contributed by atoms with Crippen LogP contribution in [0.1, 0.15) is 31.2 Å². The van der Waals surface area contributed by atoms with Crippen LogP contribution in [0.4, 0.5) is 13.2 Å². The second-order valence-electron chi connectivity index (χ2n) is 6.89. The van der Waals surface area contributed by atoms with Crippen molar-refractivity contribution >= 4 is 30.8 Å². The highest BCUT2D eigenvalue weighted by atomic mass is 32.2. The molecule has 0 radical (unpaired) electrons. The molecule has 7 nitrogen and oxygen atoms in total. The summed E-state index contributed by atoms with van der Waals surface area (Å²) in [7, 11) is -9.26. The molecule has 0 N–H and O–H groups in total. The number of hydrogen-bond acceptors (Lipinski definition) is 7. The zero-order chi connectivity index (χ0) is 21.9. The Balaban J connectivity index is 1.86. The predicted octanol–water partition coefficient (Wildman–Crippen LogP) is 3.85. The van der Waals surface area contributed by atoms with E-state index in [0.29, 0.717) is 0 Å². The fourth-order valence-electron chi connectivity index (χ4n) is 2.96. The van der Waals surface area contributed by atoms with Gasteiger partial charge in [-0.15, -0.1) is 0 Å². The smallest absolute Gasteiger partial charge is 0.435 e. The number of aromatic nitrogens is 2. The Hall–Kier alpha value is -2.47. The van der Waals surface area contributed by atoms with Crippen molar-refractivity contribution < 1.29 is 34.4 Å². The van der Waals surface area contributed by atoms with Gasteiger partial charge in [-0.1, -0.05) is 6.92 Å². The van der Waals surface area contributed by atoms with Gasteiger partial charge < -0.3 is 4.42 Å². The van der Waals surface area contributed by atoms with Gasteiger partial charge in [0.25, 0.3) is 9.84 Å². The second-order valence-corrected chi connectivity index (χ2v) is 11.1. The van der Waals surface area contributed by atoms with Crippen LogP contribution in [0.25, 0.3) is 22.7 Å². The first-order valence-electron chi connectivity index (χ1n) is 8.89. The number of nitrogens with zero attached hydrogens (tertiary/aromatic N) is 2. The lowest BCUT2D eigenvalue weighted by Crippen LogP contribution is -2.23. The van der Waals surface area contributed by atoms with Gasteiger partial charge in [0.15, 0.2) is 15.4 Å². The van der Waals surface area contributed by atoms with Crippen molar-refractivity contribution in [2.24, 2.45) is 0 Å². The van der Waals surface area contributed by atoms with Crippen molar-refractivity contribution in [3.8, 4) is 11.6 Å². The Kier molecular flexibility index (Phi) is 4.69. The fourth-order valence-corrected chi connectivity index (χ4v) is 4.80. The van der Waals surface area contributed by atoms with Crippen LogP contribution in [0, 0.1) is 0 Å². The van der Waals surface area contributed by atoms with E-state index in [9.17, 15) is 30.0 Å². The summed E-state index contributed by atoms with van der Waals surface area (Å²) in [6.45, 7) is 1.48. The van der Waals surface area contributed by atoms with E-state index in [-0.39, 0.29) is 39.3 Å². The maximum Gasteiger partial charge on any atom is 0.501 e. The van der Waals surface area contributed by atoms with Crippen LogP contribution < -0.4 is 0 Å². The topological polar surface area (TPSA) is 107 Å². The first-order valence-corrected chi connectivity index (χ1v) is 12.0. The van der Waals surface area contributed by atoms with E-state index < -0.39 is 30.1 Å². The van der Waals surface area contributed by atoms with Crippen molar-refractivity contribution in [1.29, 1.82) is 0 Å². The number of rotatable bonds is 5. The van der Waals surface area contributed by atoms with Crippen LogP contribution in [-0.2, 0) is 19.7 Å². The molecule has 1 fully saturated rings. The lowest BCUT2D eigenvalue weighted by molar-refractivity contribution is -0.0435. The molecule has 2 aromatic heterocycles. The van der Waals surface area contributed by atoms with Gasteiger partial charge >= 0.3 is 5.51 Å². The van der Waals surface area contributed by atoms with Crippen molar-refractivity contribution in [1.82, 2.24) is 9.97 Å². The van der Waals surface area contributed by atoms with E-state index in [0.717, 1.165) is 36.6 Å². The van der Waals surface area contributed by atoms with Gasteiger partial charge in [-0.25, -0.2) is 26.8 Å². The maximum absolute atomic E-state index is 12.8. The summed E-state index contributed by atoms with van der Waals surface area (Å²) in [5, 5.41) is 0. The van der Waals surface area contributed by atoms with Crippen LogP contribution >= 0.6 is 0 Å². The Bertz CT molecular complexity index is 1360. The highest BCUT2D eigenvalue weighted by Gasteiger charge is 2.47. The number of sulfone groups is 2. The van der Waals surface area contributed by atoms with E-state index in [4.69, 9.17) is 4.42 Å². The van der Waals surface area contributed by atoms with Crippen molar-refractivity contribution in [2.75, 3.05) is 5.75 Å². The molecular weight excluding hydrogens is 445 g/mol. The van der Waals surface area contributed by atoms with E-state index >= 15 is 0 Å². The molecule has 30 heavy (non-hydrogen) atoms. The van der Waals surface area contributed by atoms with Crippen LogP contribution in [0.2, 0.25) is 0 Å².